The summed E-state index contributed by atoms with van der Waals surface area (Å²) >= 11 is 7.43. The highest BCUT2D eigenvalue weighted by molar-refractivity contribution is 7.16. The molecule has 8 heteroatoms. The predicted molar refractivity (Wildman–Crippen MR) is 108 cm³/mol. The maximum absolute atomic E-state index is 12.7. The van der Waals surface area contributed by atoms with Crippen molar-refractivity contribution in [3.05, 3.63) is 51.3 Å². The molecule has 0 saturated heterocycles. The number of ether oxygens (including phenoxy) is 1. The zero-order valence-electron chi connectivity index (χ0n) is 15.5. The van der Waals surface area contributed by atoms with Gasteiger partial charge in [-0.05, 0) is 37.6 Å². The Labute approximate surface area is 167 Å². The SMILES string of the molecule is C=CCN(Cc1ccc(Cl)s1)C(=O)COc1nn(C)c2nc(C)cc(C)c12. The Morgan fingerprint density at radius 3 is 2.89 bits per heavy atom. The summed E-state index contributed by atoms with van der Waals surface area (Å²) in [6.07, 6.45) is 1.69. The van der Waals surface area contributed by atoms with E-state index in [1.54, 1.807) is 15.7 Å². The zero-order valence-corrected chi connectivity index (χ0v) is 17.1. The average Bonchev–Trinajstić information content (AvgIpc) is 3.16. The molecule has 0 saturated carbocycles. The van der Waals surface area contributed by atoms with Crippen molar-refractivity contribution in [3.8, 4) is 5.88 Å². The van der Waals surface area contributed by atoms with Gasteiger partial charge in [0.2, 0.25) is 5.88 Å². The standard InChI is InChI=1S/C19H21ClN4O2S/c1-5-8-24(10-14-6-7-15(20)27-14)16(25)11-26-19-17-12(2)9-13(3)21-18(17)23(4)22-19/h5-7,9H,1,8,10-11H2,2-4H3. The second-order valence-electron chi connectivity index (χ2n) is 6.27. The Morgan fingerprint density at radius 2 is 2.22 bits per heavy atom. The molecule has 1 amide bonds. The number of carbonyl (C=O) groups is 1. The molecule has 6 nitrogen and oxygen atoms in total. The molecule has 27 heavy (non-hydrogen) atoms. The van der Waals surface area contributed by atoms with Crippen molar-refractivity contribution in [2.75, 3.05) is 13.2 Å². The van der Waals surface area contributed by atoms with E-state index in [1.807, 2.05) is 39.1 Å². The summed E-state index contributed by atoms with van der Waals surface area (Å²) in [6.45, 7) is 8.45. The molecule has 0 aromatic carbocycles. The molecule has 0 atom stereocenters. The van der Waals surface area contributed by atoms with Crippen LogP contribution in [0.2, 0.25) is 4.34 Å². The Kier molecular flexibility index (Phi) is 5.82. The van der Waals surface area contributed by atoms with Gasteiger partial charge >= 0.3 is 0 Å². The van der Waals surface area contributed by atoms with Crippen molar-refractivity contribution in [2.45, 2.75) is 20.4 Å². The number of aryl methyl sites for hydroxylation is 3. The van der Waals surface area contributed by atoms with Crippen LogP contribution in [0.3, 0.4) is 0 Å². The van der Waals surface area contributed by atoms with Crippen molar-refractivity contribution >= 4 is 39.9 Å². The lowest BCUT2D eigenvalue weighted by atomic mass is 10.2. The first-order valence-corrected chi connectivity index (χ1v) is 9.65. The van der Waals surface area contributed by atoms with Crippen LogP contribution < -0.4 is 4.74 Å². The predicted octanol–water partition coefficient (Wildman–Crippen LogP) is 3.89. The molecule has 0 spiro atoms. The summed E-state index contributed by atoms with van der Waals surface area (Å²) in [5.74, 6) is 0.277. The van der Waals surface area contributed by atoms with E-state index in [0.29, 0.717) is 23.3 Å². The molecule has 0 fully saturated rings. The van der Waals surface area contributed by atoms with Crippen LogP contribution in [0.4, 0.5) is 0 Å². The van der Waals surface area contributed by atoms with Crippen LogP contribution >= 0.6 is 22.9 Å². The van der Waals surface area contributed by atoms with E-state index in [9.17, 15) is 4.79 Å². The number of aromatic nitrogens is 3. The van der Waals surface area contributed by atoms with Gasteiger partial charge in [-0.25, -0.2) is 9.67 Å². The fourth-order valence-corrected chi connectivity index (χ4v) is 4.01. The Balaban J connectivity index is 1.75. The molecule has 0 N–H and O–H groups in total. The molecule has 0 unspecified atom stereocenters. The van der Waals surface area contributed by atoms with Crippen LogP contribution in [0, 0.1) is 13.8 Å². The molecule has 0 aliphatic carbocycles. The van der Waals surface area contributed by atoms with Gasteiger partial charge < -0.3 is 9.64 Å². The second kappa shape index (κ2) is 8.10. The maximum Gasteiger partial charge on any atom is 0.261 e. The Morgan fingerprint density at radius 1 is 1.44 bits per heavy atom. The number of fused-ring (bicyclic) bond motifs is 1. The molecule has 0 bridgehead atoms. The van der Waals surface area contributed by atoms with Crippen LogP contribution in [-0.2, 0) is 18.4 Å². The monoisotopic (exact) mass is 404 g/mol. The number of nitrogens with zero attached hydrogens (tertiary/aromatic N) is 4. The van der Waals surface area contributed by atoms with Gasteiger partial charge in [-0.15, -0.1) is 23.0 Å². The highest BCUT2D eigenvalue weighted by Gasteiger charge is 2.18. The van der Waals surface area contributed by atoms with Gasteiger partial charge in [0.25, 0.3) is 5.91 Å². The van der Waals surface area contributed by atoms with Gasteiger partial charge in [0.05, 0.1) is 16.3 Å². The summed E-state index contributed by atoms with van der Waals surface area (Å²) in [5.41, 5.74) is 2.67. The number of hydrogen-bond acceptors (Lipinski definition) is 5. The third-order valence-corrected chi connectivity index (χ3v) is 5.31. The minimum absolute atomic E-state index is 0.105. The van der Waals surface area contributed by atoms with Gasteiger partial charge in [-0.2, -0.15) is 0 Å². The van der Waals surface area contributed by atoms with Gasteiger partial charge in [0, 0.05) is 24.2 Å². The number of amides is 1. The van der Waals surface area contributed by atoms with Crippen molar-refractivity contribution in [3.63, 3.8) is 0 Å². The quantitative estimate of drug-likeness (QED) is 0.560. The minimum Gasteiger partial charge on any atom is -0.466 e. The largest absolute Gasteiger partial charge is 0.466 e. The number of carbonyl (C=O) groups excluding carboxylic acids is 1. The first kappa shape index (κ1) is 19.4. The lowest BCUT2D eigenvalue weighted by Crippen LogP contribution is -2.34. The van der Waals surface area contributed by atoms with E-state index in [2.05, 4.69) is 16.7 Å². The first-order chi connectivity index (χ1) is 12.9. The third kappa shape index (κ3) is 4.31. The molecule has 3 aromatic heterocycles. The molecular weight excluding hydrogens is 384 g/mol. The van der Waals surface area contributed by atoms with E-state index in [-0.39, 0.29) is 12.5 Å². The van der Waals surface area contributed by atoms with E-state index >= 15 is 0 Å². The van der Waals surface area contributed by atoms with E-state index in [4.69, 9.17) is 16.3 Å². The Bertz CT molecular complexity index is 995. The van der Waals surface area contributed by atoms with Crippen LogP contribution in [-0.4, -0.2) is 38.7 Å². The number of rotatable bonds is 7. The molecule has 3 rings (SSSR count). The third-order valence-electron chi connectivity index (χ3n) is 4.10. The fourth-order valence-electron chi connectivity index (χ4n) is 2.91. The molecule has 0 aliphatic heterocycles. The summed E-state index contributed by atoms with van der Waals surface area (Å²) in [4.78, 5) is 19.9. The summed E-state index contributed by atoms with van der Waals surface area (Å²) < 4.78 is 8.14. The molecule has 3 heterocycles. The molecule has 3 aromatic rings. The van der Waals surface area contributed by atoms with E-state index < -0.39 is 0 Å². The highest BCUT2D eigenvalue weighted by atomic mass is 35.5. The number of hydrogen-bond donors (Lipinski definition) is 0. The first-order valence-electron chi connectivity index (χ1n) is 8.45. The van der Waals surface area contributed by atoms with Gasteiger partial charge in [0.1, 0.15) is 0 Å². The molecule has 0 radical (unpaired) electrons. The van der Waals surface area contributed by atoms with E-state index in [1.165, 1.54) is 11.3 Å². The lowest BCUT2D eigenvalue weighted by Gasteiger charge is -2.20. The van der Waals surface area contributed by atoms with Gasteiger partial charge in [-0.3, -0.25) is 4.79 Å². The van der Waals surface area contributed by atoms with Crippen molar-refractivity contribution in [1.82, 2.24) is 19.7 Å². The lowest BCUT2D eigenvalue weighted by molar-refractivity contribution is -0.133. The van der Waals surface area contributed by atoms with Crippen LogP contribution in [0.15, 0.2) is 30.9 Å². The summed E-state index contributed by atoms with van der Waals surface area (Å²) in [7, 11) is 1.81. The molecule has 0 aliphatic rings. The smallest absolute Gasteiger partial charge is 0.261 e. The Hall–Kier alpha value is -2.38. The van der Waals surface area contributed by atoms with Crippen molar-refractivity contribution in [2.24, 2.45) is 7.05 Å². The average molecular weight is 405 g/mol. The normalized spacial score (nSPS) is 11.0. The van der Waals surface area contributed by atoms with Crippen molar-refractivity contribution in [1.29, 1.82) is 0 Å². The second-order valence-corrected chi connectivity index (χ2v) is 8.06. The number of thiophene rings is 1. The van der Waals surface area contributed by atoms with Crippen LogP contribution in [0.5, 0.6) is 5.88 Å². The van der Waals surface area contributed by atoms with E-state index in [0.717, 1.165) is 27.2 Å². The summed E-state index contributed by atoms with van der Waals surface area (Å²) in [6, 6.07) is 5.72. The highest BCUT2D eigenvalue weighted by Crippen LogP contribution is 2.27. The fraction of sp³-hybridized carbons (Fsp3) is 0.316. The number of pyridine rings is 1. The van der Waals surface area contributed by atoms with Gasteiger partial charge in [0.15, 0.2) is 12.3 Å². The molecular formula is C19H21ClN4O2S. The van der Waals surface area contributed by atoms with Crippen LogP contribution in [0.25, 0.3) is 11.0 Å². The molecule has 142 valence electrons. The van der Waals surface area contributed by atoms with Gasteiger partial charge in [-0.1, -0.05) is 17.7 Å². The maximum atomic E-state index is 12.7. The summed E-state index contributed by atoms with van der Waals surface area (Å²) in [5, 5.41) is 5.21. The topological polar surface area (TPSA) is 60.3 Å². The zero-order chi connectivity index (χ0) is 19.6. The van der Waals surface area contributed by atoms with Crippen LogP contribution in [0.1, 0.15) is 16.1 Å². The van der Waals surface area contributed by atoms with Crippen molar-refractivity contribution < 1.29 is 9.53 Å². The number of halogens is 1. The minimum atomic E-state index is -0.143.